The molecule has 4 rings (SSSR count). The van der Waals surface area contributed by atoms with E-state index in [-0.39, 0.29) is 73.3 Å². The number of methoxy groups -OCH3 is 3. The lowest BCUT2D eigenvalue weighted by Crippen LogP contribution is -2.59. The number of nitrogens with zero attached hydrogens (tertiary/aromatic N) is 1. The number of fused-ring (bicyclic) bond motifs is 3. The molecule has 0 aromatic heterocycles. The van der Waals surface area contributed by atoms with Crippen molar-refractivity contribution in [3.63, 3.8) is 0 Å². The van der Waals surface area contributed by atoms with Gasteiger partial charge in [-0.3, -0.25) is 19.2 Å². The lowest BCUT2D eigenvalue weighted by Gasteiger charge is -2.43. The zero-order valence-corrected chi connectivity index (χ0v) is 40.9. The van der Waals surface area contributed by atoms with Crippen molar-refractivity contribution < 1.29 is 58.2 Å². The Morgan fingerprint density at radius 2 is 1.57 bits per heavy atom. The molecule has 3 N–H and O–H groups in total. The van der Waals surface area contributed by atoms with Crippen molar-refractivity contribution in [3.05, 3.63) is 47.6 Å². The number of rotatable bonds is 6. The largest absolute Gasteiger partial charge is 0.460 e. The number of aliphatic hydroxyl groups is 3. The Balaban J connectivity index is 1.70. The van der Waals surface area contributed by atoms with Crippen LogP contribution in [0.1, 0.15) is 132 Å². The number of cyclic esters (lactones) is 1. The Morgan fingerprint density at radius 3 is 2.25 bits per heavy atom. The van der Waals surface area contributed by atoms with Crippen LogP contribution >= 0.6 is 0 Å². The fraction of sp³-hybridized carbons (Fsp3) is 0.750. The van der Waals surface area contributed by atoms with E-state index < -0.39 is 71.5 Å². The minimum Gasteiger partial charge on any atom is -0.460 e. The molecule has 366 valence electrons. The second-order valence-corrected chi connectivity index (χ2v) is 20.1. The number of piperidine rings is 1. The highest BCUT2D eigenvalue weighted by Gasteiger charge is 2.51. The first-order valence-corrected chi connectivity index (χ1v) is 24.2. The number of amides is 1. The predicted octanol–water partition coefficient (Wildman–Crippen LogP) is 6.84. The molecule has 1 amide bonds. The fourth-order valence-electron chi connectivity index (χ4n) is 10.7. The van der Waals surface area contributed by atoms with Crippen LogP contribution in [0.2, 0.25) is 0 Å². The summed E-state index contributed by atoms with van der Waals surface area (Å²) < 4.78 is 23.3. The third-order valence-electron chi connectivity index (χ3n) is 15.1. The maximum Gasteiger partial charge on any atom is 0.329 e. The second kappa shape index (κ2) is 25.2. The quantitative estimate of drug-likeness (QED) is 0.143. The maximum absolute atomic E-state index is 14.4. The minimum atomic E-state index is -1.93. The van der Waals surface area contributed by atoms with Crippen LogP contribution in [0.5, 0.6) is 0 Å². The molecule has 13 nitrogen and oxygen atoms in total. The highest BCUT2D eigenvalue weighted by atomic mass is 16.5. The summed E-state index contributed by atoms with van der Waals surface area (Å²) in [6, 6.07) is -1.08. The molecule has 1 saturated heterocycles. The van der Waals surface area contributed by atoms with E-state index in [1.165, 1.54) is 12.0 Å². The predicted molar refractivity (Wildman–Crippen MR) is 248 cm³/mol. The molecule has 0 aromatic rings. The summed E-state index contributed by atoms with van der Waals surface area (Å²) in [5.41, 5.74) is -0.571. The number of hydrogen-bond acceptors (Lipinski definition) is 12. The van der Waals surface area contributed by atoms with Crippen molar-refractivity contribution >= 4 is 29.2 Å². The van der Waals surface area contributed by atoms with Gasteiger partial charge in [0.25, 0.3) is 11.7 Å². The number of carbonyl (C=O) groups excluding carboxylic acids is 5. The molecule has 13 heteroatoms. The molecule has 2 bridgehead atoms. The summed E-state index contributed by atoms with van der Waals surface area (Å²) in [5, 5.41) is 34.1. The molecule has 3 fully saturated rings. The van der Waals surface area contributed by atoms with Crippen molar-refractivity contribution in [2.24, 2.45) is 41.4 Å². The molecule has 15 atom stereocenters. The fourth-order valence-corrected chi connectivity index (χ4v) is 10.7. The molecule has 2 aliphatic carbocycles. The van der Waals surface area contributed by atoms with Crippen LogP contribution in [0, 0.1) is 41.4 Å². The molecular formula is C52H81NO12. The minimum absolute atomic E-state index is 0.0358. The zero-order valence-electron chi connectivity index (χ0n) is 40.9. The normalized spacial score (nSPS) is 40.4. The number of esters is 1. The molecule has 4 unspecified atom stereocenters. The average molecular weight is 912 g/mol. The van der Waals surface area contributed by atoms with Gasteiger partial charge >= 0.3 is 5.97 Å². The first-order chi connectivity index (χ1) is 30.7. The average Bonchev–Trinajstić information content (AvgIpc) is 3.28. The van der Waals surface area contributed by atoms with Crippen LogP contribution in [0.15, 0.2) is 47.6 Å². The van der Waals surface area contributed by atoms with Gasteiger partial charge in [-0.25, -0.2) is 4.79 Å². The molecule has 2 saturated carbocycles. The number of Topliss-reactive ketones (excluding diaryl/α,β-unsaturated/α-hetero) is 3. The van der Waals surface area contributed by atoms with Gasteiger partial charge in [0.1, 0.15) is 35.7 Å². The van der Waals surface area contributed by atoms with Crippen LogP contribution in [-0.4, -0.2) is 126 Å². The summed E-state index contributed by atoms with van der Waals surface area (Å²) >= 11 is 0. The molecule has 2 aliphatic heterocycles. The molecule has 4 aliphatic rings. The number of carbonyl (C=O) groups is 5. The first kappa shape index (κ1) is 54.3. The van der Waals surface area contributed by atoms with E-state index in [1.54, 1.807) is 41.1 Å². The van der Waals surface area contributed by atoms with E-state index in [0.29, 0.717) is 56.9 Å². The third kappa shape index (κ3) is 14.3. The molecule has 0 spiro atoms. The third-order valence-corrected chi connectivity index (χ3v) is 15.1. The Kier molecular flexibility index (Phi) is 21.0. The van der Waals surface area contributed by atoms with E-state index in [9.17, 15) is 39.3 Å². The topological polar surface area (TPSA) is 186 Å². The standard InChI is InChI=1S/C52H81NO12/c1-31-16-12-11-13-17-32(2)43(62-8)28-39-20-19-37(7)52(61,30-39)49(58)50(59)53-23-15-14-18-40(53)51(60)65-44(34(4)26-38-21-22-41(54)45(27-38)63-9)29-42(55)33(3)25-36(6)47(57)48(64-10)46(56)35(5)24-31/h11-13,16-17,25,31,33-35,37-41,43-45,47-48,54,57,61H,14-15,18-24,26-30H2,1-10H3/b13-11+,16-12+,32-17+,36-25+/t31-,33-,34-,35-,37-,38?,39+,40?,41-,43+,44?,45-,47?,48+,52+/m1/s1. The van der Waals surface area contributed by atoms with Crippen LogP contribution in [0.4, 0.5) is 0 Å². The highest BCUT2D eigenvalue weighted by molar-refractivity contribution is 6.39. The van der Waals surface area contributed by atoms with Gasteiger partial charge in [-0.05, 0) is 132 Å². The van der Waals surface area contributed by atoms with E-state index >= 15 is 0 Å². The summed E-state index contributed by atoms with van der Waals surface area (Å²) in [5.74, 6) is -4.93. The van der Waals surface area contributed by atoms with Crippen molar-refractivity contribution in [2.75, 3.05) is 27.9 Å². The summed E-state index contributed by atoms with van der Waals surface area (Å²) in [6.07, 6.45) is 13.0. The van der Waals surface area contributed by atoms with Crippen molar-refractivity contribution in [3.8, 4) is 0 Å². The van der Waals surface area contributed by atoms with Gasteiger partial charge in [-0.2, -0.15) is 0 Å². The molecule has 0 radical (unpaired) electrons. The Labute approximate surface area is 388 Å². The number of ketones is 3. The number of ether oxygens (including phenoxy) is 4. The number of allylic oxidation sites excluding steroid dienone is 6. The van der Waals surface area contributed by atoms with E-state index in [1.807, 2.05) is 58.1 Å². The summed E-state index contributed by atoms with van der Waals surface area (Å²) in [4.78, 5) is 72.1. The van der Waals surface area contributed by atoms with Crippen molar-refractivity contribution in [1.29, 1.82) is 0 Å². The van der Waals surface area contributed by atoms with Gasteiger partial charge in [0.05, 0.1) is 18.3 Å². The van der Waals surface area contributed by atoms with Gasteiger partial charge in [0.2, 0.25) is 0 Å². The monoisotopic (exact) mass is 912 g/mol. The van der Waals surface area contributed by atoms with E-state index in [4.69, 9.17) is 18.9 Å². The Hall–Kier alpha value is -3.33. The van der Waals surface area contributed by atoms with Gasteiger partial charge in [0.15, 0.2) is 5.78 Å². The van der Waals surface area contributed by atoms with Gasteiger partial charge in [-0.1, -0.05) is 71.1 Å². The first-order valence-electron chi connectivity index (χ1n) is 24.2. The van der Waals surface area contributed by atoms with E-state index in [2.05, 4.69) is 0 Å². The van der Waals surface area contributed by atoms with E-state index in [0.717, 1.165) is 18.4 Å². The molecule has 2 heterocycles. The van der Waals surface area contributed by atoms with Crippen LogP contribution in [-0.2, 0) is 42.9 Å². The smallest absolute Gasteiger partial charge is 0.329 e. The van der Waals surface area contributed by atoms with Gasteiger partial charge < -0.3 is 39.2 Å². The maximum atomic E-state index is 14.4. The Bertz CT molecular complexity index is 1750. The lowest BCUT2D eigenvalue weighted by molar-refractivity contribution is -0.171. The summed E-state index contributed by atoms with van der Waals surface area (Å²) in [7, 11) is 4.59. The molecule has 65 heavy (non-hydrogen) atoms. The SMILES string of the molecule is CO[C@H]1C[C@@H]2CC[C@@H](C)[C@@](O)(C2)C(=O)C(=O)N2CCCCC2C(=O)OC([C@H](C)CC2CC[C@@H](O)[C@H](OC)C2)CC(=O)[C@H](C)/C=C(\C)C(O)[C@@H](OC)C(=O)[C@H](C)C[C@H](C)/C=C/C=C/C=C/1C. The molecule has 0 aromatic carbocycles. The lowest BCUT2D eigenvalue weighted by atomic mass is 9.67. The second-order valence-electron chi connectivity index (χ2n) is 20.1. The van der Waals surface area contributed by atoms with Crippen LogP contribution in [0.3, 0.4) is 0 Å². The van der Waals surface area contributed by atoms with Crippen LogP contribution < -0.4 is 0 Å². The zero-order chi connectivity index (χ0) is 48.2. The molecular weight excluding hydrogens is 831 g/mol. The van der Waals surface area contributed by atoms with Gasteiger partial charge in [-0.15, -0.1) is 0 Å². The van der Waals surface area contributed by atoms with Crippen molar-refractivity contribution in [1.82, 2.24) is 4.90 Å². The number of hydrogen-bond donors (Lipinski definition) is 3. The Morgan fingerprint density at radius 1 is 0.846 bits per heavy atom. The van der Waals surface area contributed by atoms with Gasteiger partial charge in [0, 0.05) is 46.1 Å². The number of aliphatic hydroxyl groups excluding tert-OH is 2. The van der Waals surface area contributed by atoms with Crippen LogP contribution in [0.25, 0.3) is 0 Å². The summed E-state index contributed by atoms with van der Waals surface area (Å²) in [6.45, 7) is 13.0. The highest BCUT2D eigenvalue weighted by Crippen LogP contribution is 2.41. The van der Waals surface area contributed by atoms with Crippen molar-refractivity contribution in [2.45, 2.75) is 180 Å².